The van der Waals surface area contributed by atoms with Crippen molar-refractivity contribution in [2.45, 2.75) is 83.3 Å². The number of rotatable bonds is 1. The van der Waals surface area contributed by atoms with E-state index in [1.807, 2.05) is 0 Å². The molecular weight excluding hydrogens is 208 g/mol. The summed E-state index contributed by atoms with van der Waals surface area (Å²) in [6, 6.07) is 1.96. The number of likely N-dealkylation sites (tertiary alicyclic amines) is 1. The first kappa shape index (κ1) is 13.4. The first-order valence-electron chi connectivity index (χ1n) is 7.71. The summed E-state index contributed by atoms with van der Waals surface area (Å²) in [6.07, 6.45) is 11.3. The quantitative estimate of drug-likeness (QED) is 0.760. The van der Waals surface area contributed by atoms with Gasteiger partial charge >= 0.3 is 0 Å². The summed E-state index contributed by atoms with van der Waals surface area (Å²) < 4.78 is 0. The number of nitrogens with zero attached hydrogens (tertiary/aromatic N) is 1. The Kier molecular flexibility index (Phi) is 4.87. The molecule has 2 N–H and O–H groups in total. The second kappa shape index (κ2) is 6.19. The van der Waals surface area contributed by atoms with Crippen molar-refractivity contribution in [3.05, 3.63) is 0 Å². The largest absolute Gasteiger partial charge is 0.327 e. The number of nitrogens with two attached hydrogens (primary N) is 1. The number of hydrogen-bond acceptors (Lipinski definition) is 2. The summed E-state index contributed by atoms with van der Waals surface area (Å²) in [4.78, 5) is 2.78. The van der Waals surface area contributed by atoms with E-state index in [1.165, 1.54) is 57.9 Å². The molecule has 2 aliphatic rings. The highest BCUT2D eigenvalue weighted by atomic mass is 15.2. The van der Waals surface area contributed by atoms with E-state index in [-0.39, 0.29) is 0 Å². The third-order valence-electron chi connectivity index (χ3n) is 5.22. The number of piperidine rings is 1. The van der Waals surface area contributed by atoms with Crippen molar-refractivity contribution in [3.63, 3.8) is 0 Å². The van der Waals surface area contributed by atoms with Gasteiger partial charge in [0.05, 0.1) is 0 Å². The van der Waals surface area contributed by atoms with Gasteiger partial charge in [0.2, 0.25) is 0 Å². The second-order valence-corrected chi connectivity index (χ2v) is 6.29. The van der Waals surface area contributed by atoms with E-state index in [0.29, 0.717) is 18.0 Å². The molecule has 2 nitrogen and oxygen atoms in total. The van der Waals surface area contributed by atoms with E-state index in [1.54, 1.807) is 0 Å². The summed E-state index contributed by atoms with van der Waals surface area (Å²) in [5.41, 5.74) is 6.19. The Labute approximate surface area is 107 Å². The summed E-state index contributed by atoms with van der Waals surface area (Å²) >= 11 is 0. The van der Waals surface area contributed by atoms with E-state index in [0.717, 1.165) is 6.04 Å². The van der Waals surface area contributed by atoms with Crippen LogP contribution in [-0.2, 0) is 0 Å². The van der Waals surface area contributed by atoms with Crippen LogP contribution in [0, 0.1) is 5.92 Å². The van der Waals surface area contributed by atoms with Gasteiger partial charge in [-0.05, 0) is 32.1 Å². The fourth-order valence-corrected chi connectivity index (χ4v) is 3.71. The van der Waals surface area contributed by atoms with Crippen molar-refractivity contribution < 1.29 is 0 Å². The van der Waals surface area contributed by atoms with Gasteiger partial charge in [-0.3, -0.25) is 4.90 Å². The molecule has 2 fully saturated rings. The van der Waals surface area contributed by atoms with Gasteiger partial charge in [0, 0.05) is 24.7 Å². The van der Waals surface area contributed by atoms with Gasteiger partial charge in [0.1, 0.15) is 0 Å². The van der Waals surface area contributed by atoms with E-state index in [4.69, 9.17) is 5.73 Å². The van der Waals surface area contributed by atoms with Crippen molar-refractivity contribution in [1.29, 1.82) is 0 Å². The molecule has 1 saturated carbocycles. The standard InChI is InChI=1S/C15H30N2/c1-12-13(2)17(11-10-15(12)16)14-8-6-4-3-5-7-9-14/h12-15H,3-11,16H2,1-2H3. The maximum absolute atomic E-state index is 6.19. The van der Waals surface area contributed by atoms with E-state index in [9.17, 15) is 0 Å². The van der Waals surface area contributed by atoms with E-state index in [2.05, 4.69) is 18.7 Å². The summed E-state index contributed by atoms with van der Waals surface area (Å²) in [5.74, 6) is 0.661. The van der Waals surface area contributed by atoms with Crippen molar-refractivity contribution in [2.24, 2.45) is 11.7 Å². The molecule has 1 heterocycles. The van der Waals surface area contributed by atoms with Crippen LogP contribution in [0.25, 0.3) is 0 Å². The number of hydrogen-bond donors (Lipinski definition) is 1. The topological polar surface area (TPSA) is 29.3 Å². The molecule has 17 heavy (non-hydrogen) atoms. The van der Waals surface area contributed by atoms with E-state index < -0.39 is 0 Å². The lowest BCUT2D eigenvalue weighted by Crippen LogP contribution is -2.55. The smallest absolute Gasteiger partial charge is 0.0110 e. The van der Waals surface area contributed by atoms with Crippen LogP contribution in [0.4, 0.5) is 0 Å². The lowest BCUT2D eigenvalue weighted by atomic mass is 9.84. The highest BCUT2D eigenvalue weighted by Crippen LogP contribution is 2.29. The molecule has 1 aliphatic heterocycles. The lowest BCUT2D eigenvalue weighted by Gasteiger charge is -2.46. The molecule has 3 atom stereocenters. The van der Waals surface area contributed by atoms with Crippen LogP contribution < -0.4 is 5.73 Å². The molecule has 1 saturated heterocycles. The van der Waals surface area contributed by atoms with Crippen LogP contribution in [0.2, 0.25) is 0 Å². The minimum Gasteiger partial charge on any atom is -0.327 e. The maximum atomic E-state index is 6.19. The van der Waals surface area contributed by atoms with Gasteiger partial charge < -0.3 is 5.73 Å². The SMILES string of the molecule is CC1C(N)CCN(C2CCCCCCC2)C1C. The second-order valence-electron chi connectivity index (χ2n) is 6.29. The van der Waals surface area contributed by atoms with Crippen molar-refractivity contribution >= 4 is 0 Å². The van der Waals surface area contributed by atoms with E-state index >= 15 is 0 Å². The zero-order valence-electron chi connectivity index (χ0n) is 11.7. The first-order chi connectivity index (χ1) is 8.20. The average molecular weight is 238 g/mol. The fourth-order valence-electron chi connectivity index (χ4n) is 3.71. The van der Waals surface area contributed by atoms with Crippen LogP contribution in [0.5, 0.6) is 0 Å². The Morgan fingerprint density at radius 3 is 2.12 bits per heavy atom. The molecule has 3 unspecified atom stereocenters. The summed E-state index contributed by atoms with van der Waals surface area (Å²) in [6.45, 7) is 5.96. The first-order valence-corrected chi connectivity index (χ1v) is 7.71. The fraction of sp³-hybridized carbons (Fsp3) is 1.00. The zero-order chi connectivity index (χ0) is 12.3. The van der Waals surface area contributed by atoms with Crippen LogP contribution >= 0.6 is 0 Å². The van der Waals surface area contributed by atoms with Gasteiger partial charge in [0.25, 0.3) is 0 Å². The molecule has 0 aromatic carbocycles. The predicted octanol–water partition coefficient (Wildman–Crippen LogP) is 3.16. The normalized spacial score (nSPS) is 38.6. The van der Waals surface area contributed by atoms with Gasteiger partial charge in [-0.2, -0.15) is 0 Å². The van der Waals surface area contributed by atoms with Gasteiger partial charge in [-0.1, -0.05) is 39.0 Å². The molecule has 0 radical (unpaired) electrons. The van der Waals surface area contributed by atoms with Gasteiger partial charge in [-0.25, -0.2) is 0 Å². The molecular formula is C15H30N2. The molecule has 0 aromatic heterocycles. The van der Waals surface area contributed by atoms with Crippen molar-refractivity contribution in [2.75, 3.05) is 6.54 Å². The predicted molar refractivity (Wildman–Crippen MR) is 74.0 cm³/mol. The van der Waals surface area contributed by atoms with Crippen molar-refractivity contribution in [3.8, 4) is 0 Å². The molecule has 0 aromatic rings. The molecule has 100 valence electrons. The van der Waals surface area contributed by atoms with Crippen LogP contribution in [0.3, 0.4) is 0 Å². The van der Waals surface area contributed by atoms with Crippen LogP contribution in [-0.4, -0.2) is 29.6 Å². The Balaban J connectivity index is 1.94. The zero-order valence-corrected chi connectivity index (χ0v) is 11.7. The highest BCUT2D eigenvalue weighted by molar-refractivity contribution is 4.90. The Hall–Kier alpha value is -0.0800. The lowest BCUT2D eigenvalue weighted by molar-refractivity contribution is 0.0448. The molecule has 1 aliphatic carbocycles. The summed E-state index contributed by atoms with van der Waals surface area (Å²) in [7, 11) is 0. The van der Waals surface area contributed by atoms with Crippen LogP contribution in [0.1, 0.15) is 65.2 Å². The third-order valence-corrected chi connectivity index (χ3v) is 5.22. The Bertz CT molecular complexity index is 221. The minimum atomic E-state index is 0.426. The average Bonchev–Trinajstić information content (AvgIpc) is 2.27. The Morgan fingerprint density at radius 1 is 0.882 bits per heavy atom. The highest BCUT2D eigenvalue weighted by Gasteiger charge is 2.33. The maximum Gasteiger partial charge on any atom is 0.0110 e. The molecule has 0 spiro atoms. The third kappa shape index (κ3) is 3.23. The summed E-state index contributed by atoms with van der Waals surface area (Å²) in [5, 5.41) is 0. The van der Waals surface area contributed by atoms with Crippen molar-refractivity contribution in [1.82, 2.24) is 4.90 Å². The molecule has 0 bridgehead atoms. The molecule has 0 amide bonds. The van der Waals surface area contributed by atoms with Crippen LogP contribution in [0.15, 0.2) is 0 Å². The monoisotopic (exact) mass is 238 g/mol. The van der Waals surface area contributed by atoms with Gasteiger partial charge in [-0.15, -0.1) is 0 Å². The molecule has 2 heteroatoms. The van der Waals surface area contributed by atoms with Gasteiger partial charge in [0.15, 0.2) is 0 Å². The Morgan fingerprint density at radius 2 is 1.47 bits per heavy atom. The molecule has 2 rings (SSSR count). The minimum absolute atomic E-state index is 0.426.